The minimum atomic E-state index is 0. The first-order valence-electron chi connectivity index (χ1n) is 6.89. The fraction of sp³-hybridized carbons (Fsp3) is 0.0556. The molecule has 1 aromatic carbocycles. The molecule has 3 rings (SSSR count). The van der Waals surface area contributed by atoms with Crippen LogP contribution >= 0.6 is 12.4 Å². The zero-order valence-corrected chi connectivity index (χ0v) is 13.1. The first-order chi connectivity index (χ1) is 10.3. The molecule has 0 fully saturated rings. The summed E-state index contributed by atoms with van der Waals surface area (Å²) >= 11 is 0. The van der Waals surface area contributed by atoms with Crippen molar-refractivity contribution in [2.75, 3.05) is 12.1 Å². The molecule has 0 unspecified atom stereocenters. The highest BCUT2D eigenvalue weighted by Gasteiger charge is 2.04. The number of hydrogen-bond donors (Lipinski definition) is 0. The lowest BCUT2D eigenvalue weighted by molar-refractivity contribution is 0.772. The standard InChI is InChI=1S/C18H17N3.ClH/c1-20(17-11-13-19-14-12-17)21-15-5-8-18(21)10-9-16-6-3-2-4-7-16;/h2-15H,1H3;1H. The zero-order valence-electron chi connectivity index (χ0n) is 12.3. The summed E-state index contributed by atoms with van der Waals surface area (Å²) in [4.78, 5) is 4.06. The van der Waals surface area contributed by atoms with Crippen molar-refractivity contribution in [2.45, 2.75) is 0 Å². The molecule has 0 aliphatic carbocycles. The number of benzene rings is 1. The lowest BCUT2D eigenvalue weighted by atomic mass is 10.2. The molecule has 0 amide bonds. The van der Waals surface area contributed by atoms with E-state index in [0.29, 0.717) is 0 Å². The summed E-state index contributed by atoms with van der Waals surface area (Å²) in [5.74, 6) is 0. The topological polar surface area (TPSA) is 21.1 Å². The normalized spacial score (nSPS) is 10.4. The molecule has 4 heteroatoms. The summed E-state index contributed by atoms with van der Waals surface area (Å²) in [6, 6.07) is 18.4. The molecule has 0 radical (unpaired) electrons. The van der Waals surface area contributed by atoms with E-state index < -0.39 is 0 Å². The van der Waals surface area contributed by atoms with Crippen molar-refractivity contribution in [2.24, 2.45) is 0 Å². The Labute approximate surface area is 136 Å². The summed E-state index contributed by atoms with van der Waals surface area (Å²) in [5.41, 5.74) is 3.41. The van der Waals surface area contributed by atoms with Crippen LogP contribution in [0.4, 0.5) is 5.69 Å². The molecule has 0 saturated heterocycles. The highest BCUT2D eigenvalue weighted by atomic mass is 35.5. The molecule has 0 atom stereocenters. The van der Waals surface area contributed by atoms with Crippen LogP contribution in [0.2, 0.25) is 0 Å². The van der Waals surface area contributed by atoms with E-state index in [4.69, 9.17) is 0 Å². The molecule has 3 nitrogen and oxygen atoms in total. The molecule has 0 saturated carbocycles. The van der Waals surface area contributed by atoms with Crippen molar-refractivity contribution in [1.82, 2.24) is 9.66 Å². The first-order valence-corrected chi connectivity index (χ1v) is 6.89. The Bertz CT molecular complexity index is 720. The molecular formula is C18H18ClN3. The maximum atomic E-state index is 4.06. The van der Waals surface area contributed by atoms with Crippen LogP contribution in [0.15, 0.2) is 73.2 Å². The van der Waals surface area contributed by atoms with Crippen LogP contribution in [0.25, 0.3) is 12.2 Å². The van der Waals surface area contributed by atoms with Gasteiger partial charge in [0.05, 0.1) is 11.4 Å². The molecule has 0 aliphatic rings. The Morgan fingerprint density at radius 1 is 0.909 bits per heavy atom. The average Bonchev–Trinajstić information content (AvgIpc) is 3.02. The Morgan fingerprint density at radius 2 is 1.64 bits per heavy atom. The van der Waals surface area contributed by atoms with Gasteiger partial charge in [0.1, 0.15) is 0 Å². The van der Waals surface area contributed by atoms with Crippen molar-refractivity contribution in [3.63, 3.8) is 0 Å². The quantitative estimate of drug-likeness (QED) is 0.713. The van der Waals surface area contributed by atoms with Crippen molar-refractivity contribution in [3.8, 4) is 0 Å². The smallest absolute Gasteiger partial charge is 0.0626 e. The lowest BCUT2D eigenvalue weighted by Crippen LogP contribution is -2.24. The number of rotatable bonds is 4. The predicted molar refractivity (Wildman–Crippen MR) is 95.1 cm³/mol. The van der Waals surface area contributed by atoms with E-state index in [0.717, 1.165) is 11.4 Å². The van der Waals surface area contributed by atoms with E-state index in [-0.39, 0.29) is 12.4 Å². The van der Waals surface area contributed by atoms with Gasteiger partial charge in [-0.3, -0.25) is 14.7 Å². The monoisotopic (exact) mass is 311 g/mol. The van der Waals surface area contributed by atoms with Gasteiger partial charge in [0.15, 0.2) is 0 Å². The number of nitrogens with zero attached hydrogens (tertiary/aromatic N) is 3. The number of aromatic nitrogens is 2. The van der Waals surface area contributed by atoms with Crippen LogP contribution in [0.5, 0.6) is 0 Å². The van der Waals surface area contributed by atoms with Crippen LogP contribution in [0.1, 0.15) is 11.3 Å². The molecule has 2 heterocycles. The number of anilines is 1. The van der Waals surface area contributed by atoms with Gasteiger partial charge in [0, 0.05) is 25.6 Å². The molecule has 3 aromatic rings. The predicted octanol–water partition coefficient (Wildman–Crippen LogP) is 4.37. The fourth-order valence-corrected chi connectivity index (χ4v) is 2.22. The van der Waals surface area contributed by atoms with E-state index >= 15 is 0 Å². The molecule has 0 bridgehead atoms. The summed E-state index contributed by atoms with van der Waals surface area (Å²) in [5, 5.41) is 2.09. The highest BCUT2D eigenvalue weighted by molar-refractivity contribution is 5.85. The number of halogens is 1. The summed E-state index contributed by atoms with van der Waals surface area (Å²) in [7, 11) is 2.04. The van der Waals surface area contributed by atoms with Crippen LogP contribution in [0, 0.1) is 0 Å². The Kier molecular flexibility index (Phi) is 5.39. The van der Waals surface area contributed by atoms with Crippen molar-refractivity contribution in [1.29, 1.82) is 0 Å². The second kappa shape index (κ2) is 7.48. The van der Waals surface area contributed by atoms with Gasteiger partial charge in [-0.15, -0.1) is 12.4 Å². The van der Waals surface area contributed by atoms with Crippen LogP contribution < -0.4 is 5.01 Å². The third kappa shape index (κ3) is 3.57. The second-order valence-electron chi connectivity index (χ2n) is 4.75. The van der Waals surface area contributed by atoms with Gasteiger partial charge in [-0.25, -0.2) is 0 Å². The van der Waals surface area contributed by atoms with Crippen LogP contribution in [-0.2, 0) is 0 Å². The minimum Gasteiger partial charge on any atom is -0.284 e. The third-order valence-electron chi connectivity index (χ3n) is 3.36. The van der Waals surface area contributed by atoms with Crippen molar-refractivity contribution in [3.05, 3.63) is 84.4 Å². The van der Waals surface area contributed by atoms with Crippen molar-refractivity contribution < 1.29 is 0 Å². The fourth-order valence-electron chi connectivity index (χ4n) is 2.22. The molecule has 22 heavy (non-hydrogen) atoms. The summed E-state index contributed by atoms with van der Waals surface area (Å²) in [6.45, 7) is 0. The second-order valence-corrected chi connectivity index (χ2v) is 4.75. The van der Waals surface area contributed by atoms with E-state index in [1.807, 2.05) is 49.6 Å². The largest absolute Gasteiger partial charge is 0.284 e. The number of pyridine rings is 1. The van der Waals surface area contributed by atoms with Gasteiger partial charge < -0.3 is 0 Å². The van der Waals surface area contributed by atoms with Crippen LogP contribution in [-0.4, -0.2) is 16.7 Å². The Morgan fingerprint density at radius 3 is 2.36 bits per heavy atom. The van der Waals surface area contributed by atoms with Gasteiger partial charge in [0.25, 0.3) is 0 Å². The van der Waals surface area contributed by atoms with Crippen LogP contribution in [0.3, 0.4) is 0 Å². The van der Waals surface area contributed by atoms with E-state index in [2.05, 4.69) is 45.0 Å². The van der Waals surface area contributed by atoms with Gasteiger partial charge in [-0.2, -0.15) is 0 Å². The van der Waals surface area contributed by atoms with Gasteiger partial charge in [-0.1, -0.05) is 36.4 Å². The Balaban J connectivity index is 0.00000176. The summed E-state index contributed by atoms with van der Waals surface area (Å²) in [6.07, 6.45) is 9.88. The minimum absolute atomic E-state index is 0. The van der Waals surface area contributed by atoms with Gasteiger partial charge in [0.2, 0.25) is 0 Å². The lowest BCUT2D eigenvalue weighted by Gasteiger charge is -2.22. The van der Waals surface area contributed by atoms with Crippen molar-refractivity contribution >= 4 is 30.2 Å². The summed E-state index contributed by atoms with van der Waals surface area (Å²) < 4.78 is 2.11. The highest BCUT2D eigenvalue weighted by Crippen LogP contribution is 2.16. The molecule has 2 aromatic heterocycles. The maximum absolute atomic E-state index is 4.06. The molecular weight excluding hydrogens is 294 g/mol. The SMILES string of the molecule is CN(c1ccncc1)n1cccc1C=Cc1ccccc1.Cl. The molecule has 112 valence electrons. The third-order valence-corrected chi connectivity index (χ3v) is 3.36. The molecule has 0 spiro atoms. The first kappa shape index (κ1) is 15.9. The average molecular weight is 312 g/mol. The number of hydrogen-bond acceptors (Lipinski definition) is 2. The molecule has 0 N–H and O–H groups in total. The maximum Gasteiger partial charge on any atom is 0.0626 e. The molecule has 0 aliphatic heterocycles. The van der Waals surface area contributed by atoms with E-state index in [1.165, 1.54) is 5.56 Å². The van der Waals surface area contributed by atoms with Gasteiger partial charge >= 0.3 is 0 Å². The zero-order chi connectivity index (χ0) is 14.5. The van der Waals surface area contributed by atoms with E-state index in [1.54, 1.807) is 12.4 Å². The Hall–Kier alpha value is -2.52. The van der Waals surface area contributed by atoms with E-state index in [9.17, 15) is 0 Å². The van der Waals surface area contributed by atoms with Gasteiger partial charge in [-0.05, 0) is 35.9 Å².